The molecule has 0 bridgehead atoms. The number of benzene rings is 2. The minimum absolute atomic E-state index is 0.133. The van der Waals surface area contributed by atoms with E-state index in [0.29, 0.717) is 5.76 Å². The first-order valence-electron chi connectivity index (χ1n) is 10.6. The number of thioether (sulfide) groups is 2. The van der Waals surface area contributed by atoms with Gasteiger partial charge in [0, 0.05) is 35.6 Å². The van der Waals surface area contributed by atoms with E-state index < -0.39 is 0 Å². The maximum atomic E-state index is 11.0. The zero-order valence-corrected chi connectivity index (χ0v) is 19.5. The zero-order valence-electron chi connectivity index (χ0n) is 17.9. The lowest BCUT2D eigenvalue weighted by Crippen LogP contribution is -2.37. The Balaban J connectivity index is 1.44. The summed E-state index contributed by atoms with van der Waals surface area (Å²) in [6, 6.07) is 16.9. The van der Waals surface area contributed by atoms with E-state index in [9.17, 15) is 5.11 Å². The lowest BCUT2D eigenvalue weighted by molar-refractivity contribution is 0.0622. The Labute approximate surface area is 192 Å². The standard InChI is InChI=1S/C25H26N2O2S2/c1-4-26-18-10-6-8-12-20(18)30-22(26)14-16-24(28)17(25(16)29-3)15-23-27(5-2)19-11-7-9-13-21(19)31-23/h6-16,25,28H,4-5H2,1-3H3. The summed E-state index contributed by atoms with van der Waals surface area (Å²) in [4.78, 5) is 7.11. The molecular formula is C25H26N2O2S2. The van der Waals surface area contributed by atoms with Gasteiger partial charge >= 0.3 is 0 Å². The molecule has 1 aliphatic carbocycles. The third-order valence-corrected chi connectivity index (χ3v) is 8.25. The summed E-state index contributed by atoms with van der Waals surface area (Å²) in [5.74, 6) is 0.277. The lowest BCUT2D eigenvalue weighted by atomic mass is 9.80. The Hall–Kier alpha value is -2.28. The van der Waals surface area contributed by atoms with Gasteiger partial charge in [0.15, 0.2) is 0 Å². The predicted molar refractivity (Wildman–Crippen MR) is 131 cm³/mol. The predicted octanol–water partition coefficient (Wildman–Crippen LogP) is 6.39. The van der Waals surface area contributed by atoms with Gasteiger partial charge in [-0.2, -0.15) is 0 Å². The normalized spacial score (nSPS) is 24.7. The van der Waals surface area contributed by atoms with Crippen LogP contribution in [0.25, 0.3) is 0 Å². The fourth-order valence-electron chi connectivity index (χ4n) is 4.45. The second kappa shape index (κ2) is 8.34. The van der Waals surface area contributed by atoms with Crippen molar-refractivity contribution in [1.82, 2.24) is 0 Å². The number of ether oxygens (including phenoxy) is 1. The third-order valence-electron chi connectivity index (χ3n) is 6.00. The Morgan fingerprint density at radius 3 is 2.03 bits per heavy atom. The van der Waals surface area contributed by atoms with Crippen LogP contribution in [0.2, 0.25) is 0 Å². The molecule has 0 spiro atoms. The Bertz CT molecular complexity index is 1110. The maximum absolute atomic E-state index is 11.0. The number of fused-ring (bicyclic) bond motifs is 2. The zero-order chi connectivity index (χ0) is 21.5. The number of anilines is 2. The number of methoxy groups -OCH3 is 1. The van der Waals surface area contributed by atoms with Gasteiger partial charge in [0.05, 0.1) is 33.5 Å². The van der Waals surface area contributed by atoms with Crippen LogP contribution >= 0.6 is 23.5 Å². The van der Waals surface area contributed by atoms with E-state index in [1.54, 1.807) is 30.6 Å². The minimum atomic E-state index is -0.147. The summed E-state index contributed by atoms with van der Waals surface area (Å²) < 4.78 is 5.83. The molecule has 2 unspecified atom stereocenters. The Kier molecular flexibility index (Phi) is 5.54. The molecule has 2 atom stereocenters. The first-order valence-corrected chi connectivity index (χ1v) is 12.3. The summed E-state index contributed by atoms with van der Waals surface area (Å²) in [5, 5.41) is 13.3. The molecule has 2 aliphatic heterocycles. The molecule has 0 saturated heterocycles. The lowest BCUT2D eigenvalue weighted by Gasteiger charge is -2.36. The molecule has 0 aromatic heterocycles. The van der Waals surface area contributed by atoms with Crippen LogP contribution in [0.5, 0.6) is 0 Å². The molecule has 0 amide bonds. The highest BCUT2D eigenvalue weighted by molar-refractivity contribution is 8.04. The summed E-state index contributed by atoms with van der Waals surface area (Å²) in [6.45, 7) is 6.09. The van der Waals surface area contributed by atoms with Crippen LogP contribution in [-0.2, 0) is 4.74 Å². The van der Waals surface area contributed by atoms with E-state index in [4.69, 9.17) is 4.74 Å². The van der Waals surface area contributed by atoms with Gasteiger partial charge in [-0.25, -0.2) is 0 Å². The second-order valence-corrected chi connectivity index (χ2v) is 9.76. The molecule has 0 fully saturated rings. The smallest absolute Gasteiger partial charge is 0.108 e. The SMILES string of the molecule is CCN1C(=CC2=C(O)C(C=C3Sc4ccccc4N3CC)C2OC)Sc2ccccc21. The van der Waals surface area contributed by atoms with Crippen molar-refractivity contribution in [2.45, 2.75) is 29.7 Å². The highest BCUT2D eigenvalue weighted by Crippen LogP contribution is 2.50. The molecule has 5 rings (SSSR count). The molecule has 31 heavy (non-hydrogen) atoms. The molecule has 2 aromatic rings. The van der Waals surface area contributed by atoms with Crippen LogP contribution < -0.4 is 9.80 Å². The number of aliphatic hydroxyl groups excluding tert-OH is 1. The topological polar surface area (TPSA) is 35.9 Å². The molecule has 3 aliphatic rings. The van der Waals surface area contributed by atoms with Crippen LogP contribution in [0.3, 0.4) is 0 Å². The Morgan fingerprint density at radius 2 is 1.45 bits per heavy atom. The van der Waals surface area contributed by atoms with E-state index in [2.05, 4.69) is 84.3 Å². The molecule has 4 nitrogen and oxygen atoms in total. The van der Waals surface area contributed by atoms with Gasteiger partial charge in [-0.1, -0.05) is 47.8 Å². The number of hydrogen-bond donors (Lipinski definition) is 1. The van der Waals surface area contributed by atoms with Gasteiger partial charge in [0.1, 0.15) is 5.76 Å². The van der Waals surface area contributed by atoms with Crippen molar-refractivity contribution >= 4 is 34.9 Å². The van der Waals surface area contributed by atoms with E-state index in [1.807, 2.05) is 0 Å². The summed E-state index contributed by atoms with van der Waals surface area (Å²) >= 11 is 3.51. The van der Waals surface area contributed by atoms with Crippen LogP contribution in [-0.4, -0.2) is 31.4 Å². The van der Waals surface area contributed by atoms with Gasteiger partial charge < -0.3 is 19.6 Å². The average Bonchev–Trinajstić information content (AvgIpc) is 3.34. The number of nitrogens with zero attached hydrogens (tertiary/aromatic N) is 2. The third kappa shape index (κ3) is 3.37. The molecule has 0 radical (unpaired) electrons. The van der Waals surface area contributed by atoms with Crippen LogP contribution in [0.4, 0.5) is 11.4 Å². The van der Waals surface area contributed by atoms with Gasteiger partial charge in [0.25, 0.3) is 0 Å². The summed E-state index contributed by atoms with van der Waals surface area (Å²) in [5.41, 5.74) is 3.34. The molecular weight excluding hydrogens is 424 g/mol. The van der Waals surface area contributed by atoms with E-state index in [1.165, 1.54) is 21.2 Å². The highest BCUT2D eigenvalue weighted by atomic mass is 32.2. The molecule has 1 N–H and O–H groups in total. The molecule has 0 saturated carbocycles. The second-order valence-electron chi connectivity index (χ2n) is 7.64. The van der Waals surface area contributed by atoms with E-state index in [-0.39, 0.29) is 12.0 Å². The Morgan fingerprint density at radius 1 is 0.903 bits per heavy atom. The average molecular weight is 451 g/mol. The number of hydrogen-bond acceptors (Lipinski definition) is 6. The maximum Gasteiger partial charge on any atom is 0.108 e. The van der Waals surface area contributed by atoms with Crippen LogP contribution in [0.1, 0.15) is 13.8 Å². The van der Waals surface area contributed by atoms with Gasteiger partial charge in [-0.05, 0) is 50.3 Å². The number of aliphatic hydroxyl groups is 1. The van der Waals surface area contributed by atoms with E-state index in [0.717, 1.165) is 28.7 Å². The molecule has 6 heteroatoms. The first-order chi connectivity index (χ1) is 15.2. The largest absolute Gasteiger partial charge is 0.511 e. The quantitative estimate of drug-likeness (QED) is 0.569. The van der Waals surface area contributed by atoms with Crippen molar-refractivity contribution in [3.05, 3.63) is 82.1 Å². The first kappa shape index (κ1) is 20.6. The fraction of sp³-hybridized carbons (Fsp3) is 0.280. The van der Waals surface area contributed by atoms with E-state index >= 15 is 0 Å². The molecule has 2 heterocycles. The summed E-state index contributed by atoms with van der Waals surface area (Å²) in [6.07, 6.45) is 4.11. The van der Waals surface area contributed by atoms with Crippen molar-refractivity contribution in [3.63, 3.8) is 0 Å². The summed E-state index contributed by atoms with van der Waals surface area (Å²) in [7, 11) is 1.73. The fourth-order valence-corrected chi connectivity index (χ4v) is 6.84. The van der Waals surface area contributed by atoms with Crippen molar-refractivity contribution < 1.29 is 9.84 Å². The van der Waals surface area contributed by atoms with Crippen LogP contribution in [0.15, 0.2) is 91.9 Å². The highest BCUT2D eigenvalue weighted by Gasteiger charge is 2.41. The minimum Gasteiger partial charge on any atom is -0.511 e. The van der Waals surface area contributed by atoms with Crippen molar-refractivity contribution in [2.75, 3.05) is 30.0 Å². The molecule has 160 valence electrons. The number of para-hydroxylation sites is 2. The van der Waals surface area contributed by atoms with Gasteiger partial charge in [0.2, 0.25) is 0 Å². The van der Waals surface area contributed by atoms with Crippen molar-refractivity contribution in [2.24, 2.45) is 5.92 Å². The van der Waals surface area contributed by atoms with Gasteiger partial charge in [-0.15, -0.1) is 0 Å². The molecule has 2 aromatic carbocycles. The monoisotopic (exact) mass is 450 g/mol. The van der Waals surface area contributed by atoms with Crippen LogP contribution in [0, 0.1) is 5.92 Å². The van der Waals surface area contributed by atoms with Crippen molar-refractivity contribution in [1.29, 1.82) is 0 Å². The van der Waals surface area contributed by atoms with Gasteiger partial charge in [-0.3, -0.25) is 0 Å². The number of rotatable bonds is 5. The van der Waals surface area contributed by atoms with Crippen molar-refractivity contribution in [3.8, 4) is 0 Å².